The summed E-state index contributed by atoms with van der Waals surface area (Å²) in [7, 11) is 0. The van der Waals surface area contributed by atoms with Crippen molar-refractivity contribution in [1.82, 2.24) is 4.90 Å². The zero-order chi connectivity index (χ0) is 15.6. The first kappa shape index (κ1) is 16.1. The van der Waals surface area contributed by atoms with Gasteiger partial charge in [-0.1, -0.05) is 36.2 Å². The van der Waals surface area contributed by atoms with E-state index in [9.17, 15) is 9.59 Å². The van der Waals surface area contributed by atoms with Crippen molar-refractivity contribution in [3.63, 3.8) is 0 Å². The molecular formula is C15H18Cl2N2O2. The van der Waals surface area contributed by atoms with Crippen molar-refractivity contribution in [2.75, 3.05) is 13.1 Å². The third-order valence-corrected chi connectivity index (χ3v) is 4.45. The van der Waals surface area contributed by atoms with Gasteiger partial charge in [0.2, 0.25) is 11.8 Å². The largest absolute Gasteiger partial charge is 0.369 e. The van der Waals surface area contributed by atoms with Gasteiger partial charge in [0.15, 0.2) is 0 Å². The summed E-state index contributed by atoms with van der Waals surface area (Å²) >= 11 is 12.0. The van der Waals surface area contributed by atoms with Crippen LogP contribution in [0.1, 0.15) is 18.9 Å². The number of hydrogen-bond acceptors (Lipinski definition) is 2. The molecule has 114 valence electrons. The van der Waals surface area contributed by atoms with Crippen molar-refractivity contribution in [2.45, 2.75) is 19.8 Å². The van der Waals surface area contributed by atoms with Crippen LogP contribution in [0.5, 0.6) is 0 Å². The molecule has 1 fully saturated rings. The molecule has 1 saturated heterocycles. The molecular weight excluding hydrogens is 311 g/mol. The van der Waals surface area contributed by atoms with Crippen LogP contribution in [0.25, 0.3) is 0 Å². The molecule has 0 bridgehead atoms. The van der Waals surface area contributed by atoms with Crippen molar-refractivity contribution in [1.29, 1.82) is 0 Å². The molecule has 0 radical (unpaired) electrons. The number of nitrogens with zero attached hydrogens (tertiary/aromatic N) is 1. The third-order valence-electron chi connectivity index (χ3n) is 3.87. The lowest BCUT2D eigenvalue weighted by Gasteiger charge is -2.21. The monoisotopic (exact) mass is 328 g/mol. The molecule has 1 aromatic carbocycles. The van der Waals surface area contributed by atoms with E-state index in [-0.39, 0.29) is 23.7 Å². The molecule has 0 aliphatic carbocycles. The molecule has 6 heteroatoms. The number of primary amides is 1. The lowest BCUT2D eigenvalue weighted by Crippen LogP contribution is -2.35. The van der Waals surface area contributed by atoms with Gasteiger partial charge < -0.3 is 10.6 Å². The second kappa shape index (κ2) is 6.67. The molecule has 1 heterocycles. The number of rotatable bonds is 4. The van der Waals surface area contributed by atoms with Crippen LogP contribution < -0.4 is 5.73 Å². The van der Waals surface area contributed by atoms with E-state index in [0.717, 1.165) is 5.56 Å². The maximum absolute atomic E-state index is 12.4. The Bertz CT molecular complexity index is 563. The zero-order valence-electron chi connectivity index (χ0n) is 11.8. The Kier molecular flexibility index (Phi) is 5.12. The number of carbonyl (C=O) groups excluding carboxylic acids is 2. The standard InChI is InChI=1S/C15H18Cl2N2O2/c1-9(6-10-2-3-12(16)7-13(10)17)15(21)19-5-4-11(8-19)14(18)20/h2-3,7,9,11H,4-6,8H2,1H3,(H2,18,20). The van der Waals surface area contributed by atoms with Crippen LogP contribution in [0.15, 0.2) is 18.2 Å². The van der Waals surface area contributed by atoms with Crippen molar-refractivity contribution in [3.8, 4) is 0 Å². The number of nitrogens with two attached hydrogens (primary N) is 1. The van der Waals surface area contributed by atoms with Gasteiger partial charge in [-0.25, -0.2) is 0 Å². The fourth-order valence-corrected chi connectivity index (χ4v) is 3.09. The summed E-state index contributed by atoms with van der Waals surface area (Å²) in [6.45, 7) is 2.88. The summed E-state index contributed by atoms with van der Waals surface area (Å²) in [5, 5.41) is 1.14. The van der Waals surface area contributed by atoms with E-state index in [0.29, 0.717) is 36.0 Å². The second-order valence-corrected chi connectivity index (χ2v) is 6.36. The van der Waals surface area contributed by atoms with Crippen LogP contribution >= 0.6 is 23.2 Å². The fraction of sp³-hybridized carbons (Fsp3) is 0.467. The number of halogens is 2. The summed E-state index contributed by atoms with van der Waals surface area (Å²) in [5.74, 6) is -0.723. The van der Waals surface area contributed by atoms with E-state index < -0.39 is 0 Å². The molecule has 0 spiro atoms. The summed E-state index contributed by atoms with van der Waals surface area (Å²) < 4.78 is 0. The van der Waals surface area contributed by atoms with Gasteiger partial charge in [0.05, 0.1) is 5.92 Å². The Hall–Kier alpha value is -1.26. The molecule has 2 unspecified atom stereocenters. The Morgan fingerprint density at radius 2 is 2.14 bits per heavy atom. The highest BCUT2D eigenvalue weighted by atomic mass is 35.5. The Balaban J connectivity index is 1.98. The molecule has 1 aliphatic rings. The molecule has 2 rings (SSSR count). The minimum Gasteiger partial charge on any atom is -0.369 e. The molecule has 2 N–H and O–H groups in total. The zero-order valence-corrected chi connectivity index (χ0v) is 13.3. The number of carbonyl (C=O) groups is 2. The van der Waals surface area contributed by atoms with Crippen LogP contribution in [0.3, 0.4) is 0 Å². The molecule has 2 atom stereocenters. The number of hydrogen-bond donors (Lipinski definition) is 1. The van der Waals surface area contributed by atoms with Crippen molar-refractivity contribution in [3.05, 3.63) is 33.8 Å². The first-order chi connectivity index (χ1) is 9.88. The minimum absolute atomic E-state index is 0.0322. The Morgan fingerprint density at radius 1 is 1.43 bits per heavy atom. The number of amides is 2. The van der Waals surface area contributed by atoms with Crippen LogP contribution in [-0.4, -0.2) is 29.8 Å². The van der Waals surface area contributed by atoms with Gasteiger partial charge in [0.25, 0.3) is 0 Å². The highest BCUT2D eigenvalue weighted by Gasteiger charge is 2.31. The second-order valence-electron chi connectivity index (χ2n) is 5.51. The fourth-order valence-electron chi connectivity index (χ4n) is 2.61. The average molecular weight is 329 g/mol. The van der Waals surface area contributed by atoms with Gasteiger partial charge in [0.1, 0.15) is 0 Å². The molecule has 1 aliphatic heterocycles. The lowest BCUT2D eigenvalue weighted by molar-refractivity contribution is -0.134. The SMILES string of the molecule is CC(Cc1ccc(Cl)cc1Cl)C(=O)N1CCC(C(N)=O)C1. The molecule has 2 amide bonds. The van der Waals surface area contributed by atoms with E-state index in [1.54, 1.807) is 17.0 Å². The van der Waals surface area contributed by atoms with E-state index in [4.69, 9.17) is 28.9 Å². The van der Waals surface area contributed by atoms with E-state index in [1.807, 2.05) is 13.0 Å². The number of likely N-dealkylation sites (tertiary alicyclic amines) is 1. The van der Waals surface area contributed by atoms with Gasteiger partial charge in [-0.3, -0.25) is 9.59 Å². The smallest absolute Gasteiger partial charge is 0.225 e. The highest BCUT2D eigenvalue weighted by Crippen LogP contribution is 2.25. The maximum atomic E-state index is 12.4. The highest BCUT2D eigenvalue weighted by molar-refractivity contribution is 6.35. The maximum Gasteiger partial charge on any atom is 0.225 e. The first-order valence-electron chi connectivity index (χ1n) is 6.90. The Labute approximate surface area is 134 Å². The normalized spacial score (nSPS) is 19.6. The Morgan fingerprint density at radius 3 is 2.71 bits per heavy atom. The lowest BCUT2D eigenvalue weighted by atomic mass is 10.00. The van der Waals surface area contributed by atoms with Crippen LogP contribution in [0.2, 0.25) is 10.0 Å². The van der Waals surface area contributed by atoms with Gasteiger partial charge in [-0.2, -0.15) is 0 Å². The number of benzene rings is 1. The van der Waals surface area contributed by atoms with Crippen LogP contribution in [-0.2, 0) is 16.0 Å². The summed E-state index contributed by atoms with van der Waals surface area (Å²) in [5.41, 5.74) is 6.18. The average Bonchev–Trinajstić information content (AvgIpc) is 2.90. The van der Waals surface area contributed by atoms with E-state index in [1.165, 1.54) is 0 Å². The quantitative estimate of drug-likeness (QED) is 0.922. The predicted octanol–water partition coefficient (Wildman–Crippen LogP) is 2.51. The summed E-state index contributed by atoms with van der Waals surface area (Å²) in [6.07, 6.45) is 1.20. The first-order valence-corrected chi connectivity index (χ1v) is 7.66. The minimum atomic E-state index is -0.335. The van der Waals surface area contributed by atoms with Crippen molar-refractivity contribution in [2.24, 2.45) is 17.6 Å². The summed E-state index contributed by atoms with van der Waals surface area (Å²) in [6, 6.07) is 5.28. The molecule has 1 aromatic rings. The third kappa shape index (κ3) is 3.89. The van der Waals surface area contributed by atoms with Gasteiger partial charge in [-0.05, 0) is 30.5 Å². The van der Waals surface area contributed by atoms with Crippen molar-refractivity contribution < 1.29 is 9.59 Å². The van der Waals surface area contributed by atoms with Gasteiger partial charge >= 0.3 is 0 Å². The topological polar surface area (TPSA) is 63.4 Å². The summed E-state index contributed by atoms with van der Waals surface area (Å²) in [4.78, 5) is 25.3. The molecule has 0 aromatic heterocycles. The van der Waals surface area contributed by atoms with E-state index >= 15 is 0 Å². The van der Waals surface area contributed by atoms with Crippen LogP contribution in [0.4, 0.5) is 0 Å². The van der Waals surface area contributed by atoms with Crippen molar-refractivity contribution >= 4 is 35.0 Å². The van der Waals surface area contributed by atoms with E-state index in [2.05, 4.69) is 0 Å². The molecule has 0 saturated carbocycles. The molecule has 21 heavy (non-hydrogen) atoms. The van der Waals surface area contributed by atoms with Gasteiger partial charge in [0, 0.05) is 29.1 Å². The van der Waals surface area contributed by atoms with Crippen LogP contribution in [0, 0.1) is 11.8 Å². The predicted molar refractivity (Wildman–Crippen MR) is 83.2 cm³/mol. The molecule has 4 nitrogen and oxygen atoms in total. The van der Waals surface area contributed by atoms with Gasteiger partial charge in [-0.15, -0.1) is 0 Å².